The smallest absolute Gasteiger partial charge is 0.0701 e. The van der Waals surface area contributed by atoms with Gasteiger partial charge in [-0.25, -0.2) is 0 Å². The number of alkyl halides is 1. The highest BCUT2D eigenvalue weighted by Gasteiger charge is 2.11. The van der Waals surface area contributed by atoms with E-state index in [9.17, 15) is 0 Å². The van der Waals surface area contributed by atoms with E-state index in [1.54, 1.807) is 11.3 Å². The fraction of sp³-hybridized carbons (Fsp3) is 0.231. The lowest BCUT2D eigenvalue weighted by molar-refractivity contribution is 0.943. The SMILES string of the molecule is Cc1ccccc1CC(Br)c1csc(Br)c1. The highest BCUT2D eigenvalue weighted by Crippen LogP contribution is 2.33. The van der Waals surface area contributed by atoms with E-state index in [0.29, 0.717) is 4.83 Å². The third-order valence-corrected chi connectivity index (χ3v) is 4.98. The summed E-state index contributed by atoms with van der Waals surface area (Å²) in [5.74, 6) is 0. The number of rotatable bonds is 3. The first-order valence-electron chi connectivity index (χ1n) is 5.09. The van der Waals surface area contributed by atoms with Gasteiger partial charge in [-0.1, -0.05) is 40.2 Å². The van der Waals surface area contributed by atoms with Gasteiger partial charge in [0, 0.05) is 4.83 Å². The van der Waals surface area contributed by atoms with Crippen LogP contribution >= 0.6 is 43.2 Å². The quantitative estimate of drug-likeness (QED) is 0.635. The van der Waals surface area contributed by atoms with Crippen molar-refractivity contribution in [2.75, 3.05) is 0 Å². The summed E-state index contributed by atoms with van der Waals surface area (Å²) in [7, 11) is 0. The molecule has 0 nitrogen and oxygen atoms in total. The number of aryl methyl sites for hydroxylation is 1. The van der Waals surface area contributed by atoms with Crippen LogP contribution in [0.2, 0.25) is 0 Å². The van der Waals surface area contributed by atoms with Crippen LogP contribution in [0.15, 0.2) is 39.5 Å². The van der Waals surface area contributed by atoms with Crippen molar-refractivity contribution in [2.45, 2.75) is 18.2 Å². The molecule has 0 fully saturated rings. The predicted octanol–water partition coefficient (Wildman–Crippen LogP) is 5.50. The van der Waals surface area contributed by atoms with Gasteiger partial charge < -0.3 is 0 Å². The van der Waals surface area contributed by atoms with Crippen molar-refractivity contribution in [3.05, 3.63) is 56.2 Å². The average molecular weight is 360 g/mol. The summed E-state index contributed by atoms with van der Waals surface area (Å²) in [5.41, 5.74) is 4.12. The van der Waals surface area contributed by atoms with Crippen LogP contribution in [0, 0.1) is 6.92 Å². The van der Waals surface area contributed by atoms with Crippen molar-refractivity contribution in [1.82, 2.24) is 0 Å². The summed E-state index contributed by atoms with van der Waals surface area (Å²) in [6, 6.07) is 10.7. The average Bonchev–Trinajstić information content (AvgIpc) is 2.68. The fourth-order valence-corrected chi connectivity index (χ4v) is 3.66. The Morgan fingerprint density at radius 2 is 2.06 bits per heavy atom. The summed E-state index contributed by atoms with van der Waals surface area (Å²) in [6.45, 7) is 2.17. The lowest BCUT2D eigenvalue weighted by Gasteiger charge is -2.10. The third-order valence-electron chi connectivity index (χ3n) is 2.61. The maximum absolute atomic E-state index is 3.76. The topological polar surface area (TPSA) is 0 Å². The van der Waals surface area contributed by atoms with Crippen LogP contribution in [0.25, 0.3) is 0 Å². The van der Waals surface area contributed by atoms with E-state index in [4.69, 9.17) is 0 Å². The minimum Gasteiger partial charge on any atom is -0.137 e. The van der Waals surface area contributed by atoms with Crippen molar-refractivity contribution in [2.24, 2.45) is 0 Å². The van der Waals surface area contributed by atoms with Crippen LogP contribution in [0.5, 0.6) is 0 Å². The van der Waals surface area contributed by atoms with Crippen molar-refractivity contribution >= 4 is 43.2 Å². The van der Waals surface area contributed by atoms with Gasteiger partial charge in [-0.05, 0) is 57.4 Å². The first-order chi connectivity index (χ1) is 7.66. The van der Waals surface area contributed by atoms with E-state index in [1.807, 2.05) is 0 Å². The molecule has 1 heterocycles. The molecule has 0 spiro atoms. The molecule has 0 amide bonds. The molecule has 0 radical (unpaired) electrons. The lowest BCUT2D eigenvalue weighted by Crippen LogP contribution is -1.95. The summed E-state index contributed by atoms with van der Waals surface area (Å²) in [5, 5.41) is 2.20. The van der Waals surface area contributed by atoms with E-state index < -0.39 is 0 Å². The van der Waals surface area contributed by atoms with Crippen LogP contribution in [-0.4, -0.2) is 0 Å². The maximum atomic E-state index is 3.76. The van der Waals surface area contributed by atoms with Crippen LogP contribution in [0.4, 0.5) is 0 Å². The minimum atomic E-state index is 0.399. The van der Waals surface area contributed by atoms with E-state index >= 15 is 0 Å². The molecule has 1 aromatic carbocycles. The van der Waals surface area contributed by atoms with Gasteiger partial charge in [0.25, 0.3) is 0 Å². The van der Waals surface area contributed by atoms with Gasteiger partial charge in [-0.3, -0.25) is 0 Å². The second-order valence-corrected chi connectivity index (χ2v) is 7.18. The van der Waals surface area contributed by atoms with E-state index in [1.165, 1.54) is 20.5 Å². The Bertz CT molecular complexity index is 476. The monoisotopic (exact) mass is 358 g/mol. The Balaban J connectivity index is 2.13. The molecule has 0 N–H and O–H groups in total. The summed E-state index contributed by atoms with van der Waals surface area (Å²) < 4.78 is 1.19. The molecule has 1 atom stereocenters. The van der Waals surface area contributed by atoms with E-state index in [-0.39, 0.29) is 0 Å². The Kier molecular flexibility index (Phi) is 4.22. The largest absolute Gasteiger partial charge is 0.137 e. The molecule has 2 aromatic rings. The van der Waals surface area contributed by atoms with Gasteiger partial charge in [-0.2, -0.15) is 0 Å². The number of thiophene rings is 1. The number of halogens is 2. The second kappa shape index (κ2) is 5.48. The van der Waals surface area contributed by atoms with Crippen molar-refractivity contribution in [3.63, 3.8) is 0 Å². The highest BCUT2D eigenvalue weighted by atomic mass is 79.9. The molecule has 0 aliphatic carbocycles. The Morgan fingerprint density at radius 3 is 2.69 bits per heavy atom. The van der Waals surface area contributed by atoms with Crippen LogP contribution in [-0.2, 0) is 6.42 Å². The van der Waals surface area contributed by atoms with Crippen molar-refractivity contribution in [3.8, 4) is 0 Å². The Hall–Kier alpha value is -0.120. The first kappa shape index (κ1) is 12.3. The molecule has 3 heteroatoms. The van der Waals surface area contributed by atoms with Gasteiger partial charge in [0.1, 0.15) is 0 Å². The molecular weight excluding hydrogens is 348 g/mol. The van der Waals surface area contributed by atoms with Gasteiger partial charge in [0.2, 0.25) is 0 Å². The molecule has 0 saturated carbocycles. The maximum Gasteiger partial charge on any atom is 0.0701 e. The number of hydrogen-bond acceptors (Lipinski definition) is 1. The molecule has 1 aromatic heterocycles. The van der Waals surface area contributed by atoms with Gasteiger partial charge in [0.15, 0.2) is 0 Å². The van der Waals surface area contributed by atoms with E-state index in [2.05, 4.69) is 74.5 Å². The van der Waals surface area contributed by atoms with E-state index in [0.717, 1.165) is 6.42 Å². The molecule has 0 aliphatic heterocycles. The zero-order valence-electron chi connectivity index (χ0n) is 8.91. The van der Waals surface area contributed by atoms with Crippen LogP contribution < -0.4 is 0 Å². The standard InChI is InChI=1S/C13H12Br2S/c1-9-4-2-3-5-10(9)6-12(14)11-7-13(15)16-8-11/h2-5,7-8,12H,6H2,1H3. The predicted molar refractivity (Wildman–Crippen MR) is 78.6 cm³/mol. The fourth-order valence-electron chi connectivity index (χ4n) is 1.64. The molecule has 2 rings (SSSR count). The minimum absolute atomic E-state index is 0.399. The first-order valence-corrected chi connectivity index (χ1v) is 7.68. The third kappa shape index (κ3) is 2.96. The second-order valence-electron chi connectivity index (χ2n) is 3.78. The molecular formula is C13H12Br2S. The molecule has 0 bridgehead atoms. The van der Waals surface area contributed by atoms with Crippen LogP contribution in [0.1, 0.15) is 21.5 Å². The van der Waals surface area contributed by atoms with Crippen LogP contribution in [0.3, 0.4) is 0 Å². The lowest BCUT2D eigenvalue weighted by atomic mass is 10.0. The number of hydrogen-bond donors (Lipinski definition) is 0. The highest BCUT2D eigenvalue weighted by molar-refractivity contribution is 9.11. The van der Waals surface area contributed by atoms with Gasteiger partial charge in [0.05, 0.1) is 3.79 Å². The summed E-state index contributed by atoms with van der Waals surface area (Å²) >= 11 is 8.99. The zero-order valence-corrected chi connectivity index (χ0v) is 12.9. The summed E-state index contributed by atoms with van der Waals surface area (Å²) in [4.78, 5) is 0.399. The summed E-state index contributed by atoms with van der Waals surface area (Å²) in [6.07, 6.45) is 1.04. The van der Waals surface area contributed by atoms with Crippen molar-refractivity contribution < 1.29 is 0 Å². The normalized spacial score (nSPS) is 12.7. The molecule has 0 saturated heterocycles. The van der Waals surface area contributed by atoms with Gasteiger partial charge in [-0.15, -0.1) is 11.3 Å². The number of benzene rings is 1. The van der Waals surface area contributed by atoms with Gasteiger partial charge >= 0.3 is 0 Å². The molecule has 1 unspecified atom stereocenters. The van der Waals surface area contributed by atoms with Crippen molar-refractivity contribution in [1.29, 1.82) is 0 Å². The molecule has 16 heavy (non-hydrogen) atoms. The zero-order chi connectivity index (χ0) is 11.5. The molecule has 0 aliphatic rings. The molecule has 84 valence electrons. The Labute approximate surface area is 117 Å². The Morgan fingerprint density at radius 1 is 1.31 bits per heavy atom.